The highest BCUT2D eigenvalue weighted by atomic mass is 127. The molecule has 2 rings (SSSR count). The monoisotopic (exact) mass is 474 g/mol. The maximum Gasteiger partial charge on any atom is 0.409 e. The predicted molar refractivity (Wildman–Crippen MR) is 116 cm³/mol. The third kappa shape index (κ3) is 6.66. The smallest absolute Gasteiger partial charge is 0.409 e. The fourth-order valence-electron chi connectivity index (χ4n) is 3.07. The number of aliphatic imine (C=N–C) groups is 1. The summed E-state index contributed by atoms with van der Waals surface area (Å²) in [6, 6.07) is 8.76. The highest BCUT2D eigenvalue weighted by molar-refractivity contribution is 14.0. The van der Waals surface area contributed by atoms with E-state index in [-0.39, 0.29) is 30.1 Å². The average molecular weight is 474 g/mol. The van der Waals surface area contributed by atoms with Crippen molar-refractivity contribution in [3.05, 3.63) is 35.4 Å². The Labute approximate surface area is 173 Å². The van der Waals surface area contributed by atoms with Gasteiger partial charge in [0.05, 0.1) is 13.7 Å². The first-order chi connectivity index (χ1) is 12.2. The lowest BCUT2D eigenvalue weighted by Crippen LogP contribution is -2.49. The van der Waals surface area contributed by atoms with Crippen molar-refractivity contribution in [3.8, 4) is 0 Å². The Kier molecular flexibility index (Phi) is 10.4. The lowest BCUT2D eigenvalue weighted by molar-refractivity contribution is 0.111. The third-order valence-corrected chi connectivity index (χ3v) is 4.52. The highest BCUT2D eigenvalue weighted by Crippen LogP contribution is 2.12. The van der Waals surface area contributed by atoms with Gasteiger partial charge in [-0.15, -0.1) is 24.0 Å². The molecule has 26 heavy (non-hydrogen) atoms. The molecule has 146 valence electrons. The molecule has 0 saturated carbocycles. The summed E-state index contributed by atoms with van der Waals surface area (Å²) < 4.78 is 4.78. The summed E-state index contributed by atoms with van der Waals surface area (Å²) in [5.74, 6) is 0.838. The number of guanidine groups is 1. The van der Waals surface area contributed by atoms with Crippen LogP contribution < -0.4 is 10.6 Å². The van der Waals surface area contributed by atoms with Crippen LogP contribution in [0.5, 0.6) is 0 Å². The largest absolute Gasteiger partial charge is 0.453 e. The van der Waals surface area contributed by atoms with Crippen LogP contribution in [-0.2, 0) is 17.7 Å². The fraction of sp³-hybridized carbons (Fsp3) is 0.579. The highest BCUT2D eigenvalue weighted by Gasteiger charge is 2.23. The fourth-order valence-corrected chi connectivity index (χ4v) is 3.07. The van der Waals surface area contributed by atoms with Gasteiger partial charge in [0.25, 0.3) is 0 Å². The Morgan fingerprint density at radius 3 is 2.46 bits per heavy atom. The van der Waals surface area contributed by atoms with E-state index in [0.29, 0.717) is 25.7 Å². The van der Waals surface area contributed by atoms with E-state index < -0.39 is 0 Å². The zero-order valence-corrected chi connectivity index (χ0v) is 18.3. The second kappa shape index (κ2) is 12.0. The van der Waals surface area contributed by atoms with Gasteiger partial charge in [0.2, 0.25) is 0 Å². The SMILES string of the molecule is CCNC(=NCc1ccccc1CC)NC1CCN(C(=O)OC)CC1.I. The van der Waals surface area contributed by atoms with Crippen molar-refractivity contribution in [1.82, 2.24) is 15.5 Å². The van der Waals surface area contributed by atoms with Crippen LogP contribution in [-0.4, -0.2) is 49.7 Å². The minimum absolute atomic E-state index is 0. The molecule has 0 atom stereocenters. The molecular formula is C19H31IN4O2. The first-order valence-corrected chi connectivity index (χ1v) is 9.12. The molecule has 0 spiro atoms. The molecule has 1 aliphatic rings. The average Bonchev–Trinajstić information content (AvgIpc) is 2.66. The predicted octanol–water partition coefficient (Wildman–Crippen LogP) is 3.15. The first-order valence-electron chi connectivity index (χ1n) is 9.12. The number of hydrogen-bond acceptors (Lipinski definition) is 3. The molecule has 1 saturated heterocycles. The van der Waals surface area contributed by atoms with Crippen LogP contribution in [0.15, 0.2) is 29.3 Å². The number of nitrogens with one attached hydrogen (secondary N) is 2. The molecule has 1 fully saturated rings. The first kappa shape index (κ1) is 22.5. The van der Waals surface area contributed by atoms with Crippen molar-refractivity contribution in [2.45, 2.75) is 45.7 Å². The maximum atomic E-state index is 11.6. The molecule has 7 heteroatoms. The number of carbonyl (C=O) groups excluding carboxylic acids is 1. The van der Waals surface area contributed by atoms with Crippen molar-refractivity contribution in [2.24, 2.45) is 4.99 Å². The van der Waals surface area contributed by atoms with Gasteiger partial charge in [-0.1, -0.05) is 31.2 Å². The molecule has 1 amide bonds. The number of halogens is 1. The van der Waals surface area contributed by atoms with E-state index in [0.717, 1.165) is 31.8 Å². The number of ether oxygens (including phenoxy) is 1. The zero-order chi connectivity index (χ0) is 18.1. The lowest BCUT2D eigenvalue weighted by Gasteiger charge is -2.32. The number of likely N-dealkylation sites (tertiary alicyclic amines) is 1. The Hall–Kier alpha value is -1.51. The van der Waals surface area contributed by atoms with Crippen molar-refractivity contribution in [3.63, 3.8) is 0 Å². The lowest BCUT2D eigenvalue weighted by atomic mass is 10.1. The van der Waals surface area contributed by atoms with Crippen molar-refractivity contribution < 1.29 is 9.53 Å². The van der Waals surface area contributed by atoms with Gasteiger partial charge in [-0.2, -0.15) is 0 Å². The molecule has 1 heterocycles. The number of benzene rings is 1. The Morgan fingerprint density at radius 2 is 1.88 bits per heavy atom. The molecular weight excluding hydrogens is 443 g/mol. The summed E-state index contributed by atoms with van der Waals surface area (Å²) in [7, 11) is 1.43. The van der Waals surface area contributed by atoms with Crippen LogP contribution in [0.2, 0.25) is 0 Å². The molecule has 0 radical (unpaired) electrons. The minimum atomic E-state index is -0.241. The molecule has 0 aliphatic carbocycles. The number of carbonyl (C=O) groups is 1. The number of piperidine rings is 1. The summed E-state index contributed by atoms with van der Waals surface area (Å²) in [5.41, 5.74) is 2.61. The normalized spacial score (nSPS) is 15.2. The van der Waals surface area contributed by atoms with Crippen molar-refractivity contribution in [1.29, 1.82) is 0 Å². The molecule has 0 unspecified atom stereocenters. The summed E-state index contributed by atoms with van der Waals surface area (Å²) in [6.07, 6.45) is 2.56. The second-order valence-corrected chi connectivity index (χ2v) is 6.19. The Balaban J connectivity index is 0.00000338. The minimum Gasteiger partial charge on any atom is -0.453 e. The topological polar surface area (TPSA) is 66.0 Å². The summed E-state index contributed by atoms with van der Waals surface area (Å²) in [4.78, 5) is 18.1. The molecule has 1 aromatic carbocycles. The second-order valence-electron chi connectivity index (χ2n) is 6.19. The Morgan fingerprint density at radius 1 is 1.23 bits per heavy atom. The maximum absolute atomic E-state index is 11.6. The van der Waals surface area contributed by atoms with Crippen LogP contribution in [0.3, 0.4) is 0 Å². The number of amides is 1. The molecule has 0 aromatic heterocycles. The number of aryl methyl sites for hydroxylation is 1. The van der Waals surface area contributed by atoms with E-state index in [1.165, 1.54) is 18.2 Å². The van der Waals surface area contributed by atoms with E-state index >= 15 is 0 Å². The number of rotatable bonds is 5. The van der Waals surface area contributed by atoms with E-state index in [1.54, 1.807) is 4.90 Å². The van der Waals surface area contributed by atoms with Crippen LogP contribution in [0.1, 0.15) is 37.8 Å². The van der Waals surface area contributed by atoms with E-state index in [4.69, 9.17) is 9.73 Å². The number of hydrogen-bond donors (Lipinski definition) is 2. The standard InChI is InChI=1S/C19H30N4O2.HI/c1-4-15-8-6-7-9-16(15)14-21-18(20-5-2)22-17-10-12-23(13-11-17)19(24)25-3;/h6-9,17H,4-5,10-14H2,1-3H3,(H2,20,21,22);1H. The van der Waals surface area contributed by atoms with E-state index in [1.807, 2.05) is 0 Å². The van der Waals surface area contributed by atoms with Crippen LogP contribution in [0.4, 0.5) is 4.79 Å². The van der Waals surface area contributed by atoms with Gasteiger partial charge in [0.15, 0.2) is 5.96 Å². The van der Waals surface area contributed by atoms with Gasteiger partial charge in [-0.25, -0.2) is 9.79 Å². The summed E-state index contributed by atoms with van der Waals surface area (Å²) >= 11 is 0. The molecule has 6 nitrogen and oxygen atoms in total. The van der Waals surface area contributed by atoms with E-state index in [9.17, 15) is 4.79 Å². The van der Waals surface area contributed by atoms with Crippen LogP contribution in [0, 0.1) is 0 Å². The number of nitrogens with zero attached hydrogens (tertiary/aromatic N) is 2. The zero-order valence-electron chi connectivity index (χ0n) is 16.0. The van der Waals surface area contributed by atoms with Gasteiger partial charge in [-0.3, -0.25) is 0 Å². The van der Waals surface area contributed by atoms with Gasteiger partial charge in [-0.05, 0) is 37.3 Å². The molecule has 1 aromatic rings. The van der Waals surface area contributed by atoms with Gasteiger partial charge >= 0.3 is 6.09 Å². The summed E-state index contributed by atoms with van der Waals surface area (Å²) in [6.45, 7) is 7.14. The summed E-state index contributed by atoms with van der Waals surface area (Å²) in [5, 5.41) is 6.82. The molecule has 2 N–H and O–H groups in total. The van der Waals surface area contributed by atoms with Crippen LogP contribution in [0.25, 0.3) is 0 Å². The van der Waals surface area contributed by atoms with Crippen molar-refractivity contribution in [2.75, 3.05) is 26.7 Å². The number of methoxy groups -OCH3 is 1. The van der Waals surface area contributed by atoms with Gasteiger partial charge < -0.3 is 20.3 Å². The van der Waals surface area contributed by atoms with Crippen LogP contribution >= 0.6 is 24.0 Å². The van der Waals surface area contributed by atoms with Crippen molar-refractivity contribution >= 4 is 36.0 Å². The molecule has 0 bridgehead atoms. The van der Waals surface area contributed by atoms with Gasteiger partial charge in [0, 0.05) is 25.7 Å². The molecule has 1 aliphatic heterocycles. The third-order valence-electron chi connectivity index (χ3n) is 4.52. The quantitative estimate of drug-likeness (QED) is 0.391. The van der Waals surface area contributed by atoms with E-state index in [2.05, 4.69) is 48.7 Å². The Bertz CT molecular complexity index is 587. The van der Waals surface area contributed by atoms with Gasteiger partial charge in [0.1, 0.15) is 0 Å².